The van der Waals surface area contributed by atoms with E-state index in [4.69, 9.17) is 9.90 Å². The van der Waals surface area contributed by atoms with Crippen LogP contribution in [0.3, 0.4) is 0 Å². The Morgan fingerprint density at radius 1 is 1.20 bits per heavy atom. The molecule has 0 spiro atoms. The second-order valence-electron chi connectivity index (χ2n) is 3.85. The summed E-state index contributed by atoms with van der Waals surface area (Å²) in [6, 6.07) is 9.44. The number of hydrogen-bond donors (Lipinski definition) is 2. The summed E-state index contributed by atoms with van der Waals surface area (Å²) < 4.78 is 31.7. The maximum Gasteiger partial charge on any atom is 0.490 e. The third-order valence-corrected chi connectivity index (χ3v) is 3.39. The highest BCUT2D eigenvalue weighted by Crippen LogP contribution is 2.20. The van der Waals surface area contributed by atoms with Gasteiger partial charge in [0.2, 0.25) is 5.12 Å². The van der Waals surface area contributed by atoms with Gasteiger partial charge in [0.1, 0.15) is 0 Å². The van der Waals surface area contributed by atoms with Crippen LogP contribution in [0.1, 0.15) is 10.4 Å². The van der Waals surface area contributed by atoms with E-state index in [0.717, 1.165) is 18.7 Å². The topological polar surface area (TPSA) is 66.4 Å². The minimum absolute atomic E-state index is 0.187. The monoisotopic (exact) mass is 307 g/mol. The maximum absolute atomic E-state index is 11.6. The molecule has 20 heavy (non-hydrogen) atoms. The Labute approximate surface area is 117 Å². The zero-order valence-corrected chi connectivity index (χ0v) is 11.0. The van der Waals surface area contributed by atoms with Crippen LogP contribution in [0.25, 0.3) is 0 Å². The third-order valence-electron chi connectivity index (χ3n) is 2.27. The molecule has 0 atom stereocenters. The van der Waals surface area contributed by atoms with E-state index in [1.807, 2.05) is 30.3 Å². The molecule has 1 aromatic carbocycles. The van der Waals surface area contributed by atoms with Gasteiger partial charge in [-0.2, -0.15) is 13.2 Å². The minimum Gasteiger partial charge on any atom is -0.475 e. The zero-order valence-electron chi connectivity index (χ0n) is 10.2. The Morgan fingerprint density at radius 3 is 2.05 bits per heavy atom. The van der Waals surface area contributed by atoms with Gasteiger partial charge in [0, 0.05) is 23.9 Å². The van der Waals surface area contributed by atoms with Crippen molar-refractivity contribution in [1.29, 1.82) is 0 Å². The van der Waals surface area contributed by atoms with Gasteiger partial charge in [-0.3, -0.25) is 4.79 Å². The lowest BCUT2D eigenvalue weighted by molar-refractivity contribution is -0.192. The molecule has 1 heterocycles. The van der Waals surface area contributed by atoms with E-state index in [2.05, 4.69) is 5.32 Å². The van der Waals surface area contributed by atoms with E-state index in [-0.39, 0.29) is 5.12 Å². The number of carbonyl (C=O) groups is 2. The molecule has 0 unspecified atom stereocenters. The first-order valence-corrected chi connectivity index (χ1v) is 6.45. The van der Waals surface area contributed by atoms with Crippen LogP contribution in [0.15, 0.2) is 30.3 Å². The van der Waals surface area contributed by atoms with Crippen molar-refractivity contribution in [3.05, 3.63) is 35.9 Å². The molecule has 1 fully saturated rings. The Hall–Kier alpha value is -1.54. The summed E-state index contributed by atoms with van der Waals surface area (Å²) >= 11 is 1.44. The summed E-state index contributed by atoms with van der Waals surface area (Å²) in [7, 11) is 0. The average Bonchev–Trinajstić information content (AvgIpc) is 2.34. The molecule has 1 aliphatic heterocycles. The number of carboxylic acid groups (broad SMARTS) is 1. The van der Waals surface area contributed by atoms with Gasteiger partial charge in [0.15, 0.2) is 0 Å². The van der Waals surface area contributed by atoms with Gasteiger partial charge in [0.05, 0.1) is 0 Å². The molecule has 0 saturated carbocycles. The number of rotatable bonds is 2. The SMILES string of the molecule is O=C(O)C(F)(F)F.O=C(SC1CNC1)c1ccccc1. The first kappa shape index (κ1) is 16.5. The number of halogens is 3. The number of aliphatic carboxylic acids is 1. The largest absolute Gasteiger partial charge is 0.490 e. The number of carbonyl (C=O) groups excluding carboxylic acids is 1. The second-order valence-corrected chi connectivity index (χ2v) is 5.13. The molecular weight excluding hydrogens is 295 g/mol. The summed E-state index contributed by atoms with van der Waals surface area (Å²) in [6.45, 7) is 1.92. The Kier molecular flexibility index (Phi) is 6.03. The van der Waals surface area contributed by atoms with Crippen LogP contribution in [-0.2, 0) is 4.79 Å². The highest BCUT2D eigenvalue weighted by Gasteiger charge is 2.38. The summed E-state index contributed by atoms with van der Waals surface area (Å²) in [5, 5.41) is 10.9. The Morgan fingerprint density at radius 2 is 1.70 bits per heavy atom. The minimum atomic E-state index is -5.08. The molecule has 0 aliphatic carbocycles. The standard InChI is InChI=1S/C10H11NOS.C2HF3O2/c12-10(13-9-6-11-7-9)8-4-2-1-3-5-8;3-2(4,5)1(6)7/h1-5,9,11H,6-7H2;(H,6,7). The van der Waals surface area contributed by atoms with Crippen molar-refractivity contribution in [1.82, 2.24) is 5.32 Å². The van der Waals surface area contributed by atoms with Crippen molar-refractivity contribution < 1.29 is 27.9 Å². The summed E-state index contributed by atoms with van der Waals surface area (Å²) in [5.41, 5.74) is 0.805. The smallest absolute Gasteiger partial charge is 0.475 e. The number of benzene rings is 1. The molecule has 1 saturated heterocycles. The van der Waals surface area contributed by atoms with E-state index in [1.54, 1.807) is 0 Å². The zero-order chi connectivity index (χ0) is 15.2. The van der Waals surface area contributed by atoms with Gasteiger partial charge in [0.25, 0.3) is 0 Å². The molecule has 110 valence electrons. The predicted octanol–water partition coefficient (Wildman–Crippen LogP) is 2.17. The van der Waals surface area contributed by atoms with Crippen LogP contribution in [0.5, 0.6) is 0 Å². The summed E-state index contributed by atoms with van der Waals surface area (Å²) in [4.78, 5) is 20.5. The fourth-order valence-corrected chi connectivity index (χ4v) is 2.12. The third kappa shape index (κ3) is 5.62. The molecule has 0 amide bonds. The molecule has 2 rings (SSSR count). The Balaban J connectivity index is 0.000000246. The van der Waals surface area contributed by atoms with Crippen molar-refractivity contribution in [2.75, 3.05) is 13.1 Å². The molecule has 1 aliphatic rings. The lowest BCUT2D eigenvalue weighted by atomic mass is 10.2. The fraction of sp³-hybridized carbons (Fsp3) is 0.333. The second kappa shape index (κ2) is 7.30. The number of hydrogen-bond acceptors (Lipinski definition) is 4. The van der Waals surface area contributed by atoms with E-state index in [0.29, 0.717) is 5.25 Å². The van der Waals surface area contributed by atoms with Gasteiger partial charge in [-0.05, 0) is 0 Å². The first-order valence-electron chi connectivity index (χ1n) is 5.57. The lowest BCUT2D eigenvalue weighted by Gasteiger charge is -2.25. The molecule has 2 N–H and O–H groups in total. The highest BCUT2D eigenvalue weighted by molar-refractivity contribution is 8.14. The predicted molar refractivity (Wildman–Crippen MR) is 68.7 cm³/mol. The molecular formula is C12H12F3NO3S. The van der Waals surface area contributed by atoms with Crippen LogP contribution < -0.4 is 5.32 Å². The van der Waals surface area contributed by atoms with E-state index in [9.17, 15) is 18.0 Å². The van der Waals surface area contributed by atoms with Crippen LogP contribution in [0, 0.1) is 0 Å². The van der Waals surface area contributed by atoms with Gasteiger partial charge in [-0.15, -0.1) is 0 Å². The molecule has 0 bridgehead atoms. The molecule has 4 nitrogen and oxygen atoms in total. The molecule has 0 radical (unpaired) electrons. The summed E-state index contributed by atoms with van der Waals surface area (Å²) in [5.74, 6) is -2.76. The number of carboxylic acids is 1. The van der Waals surface area contributed by atoms with Crippen molar-refractivity contribution >= 4 is 22.8 Å². The van der Waals surface area contributed by atoms with Gasteiger partial charge < -0.3 is 10.4 Å². The average molecular weight is 307 g/mol. The van der Waals surface area contributed by atoms with Crippen molar-refractivity contribution in [3.63, 3.8) is 0 Å². The summed E-state index contributed by atoms with van der Waals surface area (Å²) in [6.07, 6.45) is -5.08. The highest BCUT2D eigenvalue weighted by atomic mass is 32.2. The first-order chi connectivity index (χ1) is 9.30. The van der Waals surface area contributed by atoms with Crippen molar-refractivity contribution in [2.24, 2.45) is 0 Å². The quantitative estimate of drug-likeness (QED) is 0.876. The lowest BCUT2D eigenvalue weighted by Crippen LogP contribution is -2.45. The van der Waals surface area contributed by atoms with Crippen LogP contribution in [-0.4, -0.2) is 40.7 Å². The Bertz CT molecular complexity index is 461. The maximum atomic E-state index is 11.6. The van der Waals surface area contributed by atoms with E-state index >= 15 is 0 Å². The van der Waals surface area contributed by atoms with Crippen molar-refractivity contribution in [3.8, 4) is 0 Å². The molecule has 1 aromatic rings. The van der Waals surface area contributed by atoms with Crippen LogP contribution >= 0.6 is 11.8 Å². The normalized spacial score (nSPS) is 14.8. The van der Waals surface area contributed by atoms with Gasteiger partial charge in [-0.1, -0.05) is 42.1 Å². The van der Waals surface area contributed by atoms with Gasteiger partial charge in [-0.25, -0.2) is 4.79 Å². The number of alkyl halides is 3. The van der Waals surface area contributed by atoms with Crippen molar-refractivity contribution in [2.45, 2.75) is 11.4 Å². The number of thioether (sulfide) groups is 1. The van der Waals surface area contributed by atoms with E-state index < -0.39 is 12.1 Å². The fourth-order valence-electron chi connectivity index (χ4n) is 1.14. The van der Waals surface area contributed by atoms with Gasteiger partial charge >= 0.3 is 12.1 Å². The number of nitrogens with one attached hydrogen (secondary N) is 1. The van der Waals surface area contributed by atoms with Crippen LogP contribution in [0.4, 0.5) is 13.2 Å². The molecule has 8 heteroatoms. The van der Waals surface area contributed by atoms with E-state index in [1.165, 1.54) is 11.8 Å². The molecule has 0 aromatic heterocycles. The van der Waals surface area contributed by atoms with Crippen LogP contribution in [0.2, 0.25) is 0 Å².